The van der Waals surface area contributed by atoms with Crippen molar-refractivity contribution in [1.29, 1.82) is 0 Å². The van der Waals surface area contributed by atoms with Gasteiger partial charge in [0.25, 0.3) is 0 Å². The van der Waals surface area contributed by atoms with Crippen molar-refractivity contribution in [2.24, 2.45) is 0 Å². The number of hydrogen-bond donors (Lipinski definition) is 2. The molecule has 2 unspecified atom stereocenters. The quantitative estimate of drug-likeness (QED) is 0.781. The molecule has 1 fully saturated rings. The van der Waals surface area contributed by atoms with Gasteiger partial charge >= 0.3 is 6.09 Å². The summed E-state index contributed by atoms with van der Waals surface area (Å²) >= 11 is 0. The molecular weight excluding hydrogens is 332 g/mol. The van der Waals surface area contributed by atoms with E-state index >= 15 is 0 Å². The van der Waals surface area contributed by atoms with Crippen LogP contribution in [0.1, 0.15) is 34.3 Å². The van der Waals surface area contributed by atoms with Gasteiger partial charge in [-0.15, -0.1) is 0 Å². The van der Waals surface area contributed by atoms with Gasteiger partial charge in [-0.3, -0.25) is 9.59 Å². The standard InChI is InChI=1S/C20H20N2O4/c1-13(19(24)21-11-17-12-26-20(25)22-17)15-8-5-9-16(10-15)18(23)14-6-3-2-4-7-14/h2-10,13,17H,11-12H2,1H3,(H,21,24)(H,22,25). The largest absolute Gasteiger partial charge is 0.447 e. The third-order valence-electron chi connectivity index (χ3n) is 4.34. The van der Waals surface area contributed by atoms with Gasteiger partial charge < -0.3 is 15.4 Å². The summed E-state index contributed by atoms with van der Waals surface area (Å²) in [5.41, 5.74) is 1.92. The first-order chi connectivity index (χ1) is 12.5. The number of carbonyl (C=O) groups excluding carboxylic acids is 3. The molecule has 2 amide bonds. The summed E-state index contributed by atoms with van der Waals surface area (Å²) in [4.78, 5) is 35.9. The molecule has 2 aromatic rings. The molecule has 0 aromatic heterocycles. The van der Waals surface area contributed by atoms with Gasteiger partial charge in [-0.05, 0) is 18.6 Å². The molecule has 1 saturated heterocycles. The van der Waals surface area contributed by atoms with E-state index in [1.165, 1.54) is 0 Å². The Hall–Kier alpha value is -3.15. The van der Waals surface area contributed by atoms with Crippen LogP contribution in [0.15, 0.2) is 54.6 Å². The zero-order valence-corrected chi connectivity index (χ0v) is 14.4. The van der Waals surface area contributed by atoms with E-state index < -0.39 is 12.0 Å². The maximum Gasteiger partial charge on any atom is 0.407 e. The second-order valence-electron chi connectivity index (χ2n) is 6.23. The summed E-state index contributed by atoms with van der Waals surface area (Å²) in [6, 6.07) is 15.9. The minimum Gasteiger partial charge on any atom is -0.447 e. The smallest absolute Gasteiger partial charge is 0.407 e. The van der Waals surface area contributed by atoms with Crippen LogP contribution in [0.4, 0.5) is 4.79 Å². The van der Waals surface area contributed by atoms with Gasteiger partial charge in [-0.2, -0.15) is 0 Å². The van der Waals surface area contributed by atoms with Crippen molar-refractivity contribution in [1.82, 2.24) is 10.6 Å². The first-order valence-electron chi connectivity index (χ1n) is 8.45. The Kier molecular flexibility index (Phi) is 5.31. The molecule has 6 nitrogen and oxygen atoms in total. The lowest BCUT2D eigenvalue weighted by molar-refractivity contribution is -0.122. The average Bonchev–Trinajstić information content (AvgIpc) is 3.11. The van der Waals surface area contributed by atoms with Crippen molar-refractivity contribution < 1.29 is 19.1 Å². The van der Waals surface area contributed by atoms with E-state index in [0.29, 0.717) is 17.7 Å². The van der Waals surface area contributed by atoms with Gasteiger partial charge in [0, 0.05) is 17.7 Å². The predicted molar refractivity (Wildman–Crippen MR) is 96.0 cm³/mol. The van der Waals surface area contributed by atoms with E-state index in [2.05, 4.69) is 10.6 Å². The Bertz CT molecular complexity index is 820. The monoisotopic (exact) mass is 352 g/mol. The molecule has 0 aliphatic carbocycles. The fourth-order valence-corrected chi connectivity index (χ4v) is 2.77. The van der Waals surface area contributed by atoms with Crippen molar-refractivity contribution >= 4 is 17.8 Å². The van der Waals surface area contributed by atoms with Crippen molar-refractivity contribution in [3.8, 4) is 0 Å². The van der Waals surface area contributed by atoms with Crippen LogP contribution in [0.2, 0.25) is 0 Å². The first kappa shape index (κ1) is 17.7. The Balaban J connectivity index is 1.66. The van der Waals surface area contributed by atoms with E-state index in [-0.39, 0.29) is 24.3 Å². The molecule has 1 aliphatic heterocycles. The number of rotatable bonds is 6. The minimum atomic E-state index is -0.468. The highest BCUT2D eigenvalue weighted by molar-refractivity contribution is 6.09. The number of alkyl carbamates (subject to hydrolysis) is 1. The molecule has 1 aliphatic rings. The molecule has 134 valence electrons. The molecular formula is C20H20N2O4. The van der Waals surface area contributed by atoms with Gasteiger partial charge in [0.1, 0.15) is 6.61 Å². The molecule has 0 spiro atoms. The lowest BCUT2D eigenvalue weighted by atomic mass is 9.95. The summed E-state index contributed by atoms with van der Waals surface area (Å²) in [6.45, 7) is 2.33. The highest BCUT2D eigenvalue weighted by Crippen LogP contribution is 2.19. The molecule has 2 N–H and O–H groups in total. The van der Waals surface area contributed by atoms with Crippen LogP contribution < -0.4 is 10.6 Å². The summed E-state index contributed by atoms with van der Waals surface area (Å²) in [6.07, 6.45) is -0.468. The molecule has 0 saturated carbocycles. The van der Waals surface area contributed by atoms with Crippen LogP contribution >= 0.6 is 0 Å². The molecule has 1 heterocycles. The molecule has 26 heavy (non-hydrogen) atoms. The van der Waals surface area contributed by atoms with Gasteiger partial charge in [0.2, 0.25) is 5.91 Å². The maximum absolute atomic E-state index is 12.6. The Morgan fingerprint density at radius 2 is 1.88 bits per heavy atom. The van der Waals surface area contributed by atoms with Crippen LogP contribution in [-0.2, 0) is 9.53 Å². The van der Waals surface area contributed by atoms with E-state index in [1.807, 2.05) is 24.3 Å². The van der Waals surface area contributed by atoms with Gasteiger partial charge in [-0.1, -0.05) is 48.5 Å². The predicted octanol–water partition coefficient (Wildman–Crippen LogP) is 2.25. The van der Waals surface area contributed by atoms with Crippen molar-refractivity contribution in [2.75, 3.05) is 13.2 Å². The second kappa shape index (κ2) is 7.82. The third kappa shape index (κ3) is 4.08. The molecule has 0 bridgehead atoms. The maximum atomic E-state index is 12.6. The Labute approximate surface area is 151 Å². The lowest BCUT2D eigenvalue weighted by Crippen LogP contribution is -2.40. The fourth-order valence-electron chi connectivity index (χ4n) is 2.77. The number of hydrogen-bond acceptors (Lipinski definition) is 4. The Morgan fingerprint density at radius 1 is 1.15 bits per heavy atom. The Morgan fingerprint density at radius 3 is 2.58 bits per heavy atom. The van der Waals surface area contributed by atoms with Gasteiger partial charge in [-0.25, -0.2) is 4.79 Å². The van der Waals surface area contributed by atoms with Crippen LogP contribution in [-0.4, -0.2) is 37.0 Å². The van der Waals surface area contributed by atoms with E-state index in [9.17, 15) is 14.4 Å². The first-order valence-corrected chi connectivity index (χ1v) is 8.45. The van der Waals surface area contributed by atoms with Gasteiger partial charge in [0.15, 0.2) is 5.78 Å². The summed E-state index contributed by atoms with van der Waals surface area (Å²) in [7, 11) is 0. The minimum absolute atomic E-state index is 0.0779. The van der Waals surface area contributed by atoms with Crippen LogP contribution in [0, 0.1) is 0 Å². The molecule has 3 rings (SSSR count). The number of amides is 2. The van der Waals surface area contributed by atoms with Crippen molar-refractivity contribution in [2.45, 2.75) is 18.9 Å². The van der Waals surface area contributed by atoms with Gasteiger partial charge in [0.05, 0.1) is 12.0 Å². The van der Waals surface area contributed by atoms with Crippen LogP contribution in [0.3, 0.4) is 0 Å². The molecule has 0 radical (unpaired) electrons. The highest BCUT2D eigenvalue weighted by Gasteiger charge is 2.24. The normalized spacial score (nSPS) is 17.1. The summed E-state index contributed by atoms with van der Waals surface area (Å²) in [5.74, 6) is -0.669. The number of ketones is 1. The lowest BCUT2D eigenvalue weighted by Gasteiger charge is -2.15. The fraction of sp³-hybridized carbons (Fsp3) is 0.250. The molecule has 2 aromatic carbocycles. The van der Waals surface area contributed by atoms with E-state index in [4.69, 9.17) is 4.74 Å². The second-order valence-corrected chi connectivity index (χ2v) is 6.23. The third-order valence-corrected chi connectivity index (χ3v) is 4.34. The number of carbonyl (C=O) groups is 3. The van der Waals surface area contributed by atoms with Crippen LogP contribution in [0.5, 0.6) is 0 Å². The van der Waals surface area contributed by atoms with E-state index in [1.54, 1.807) is 37.3 Å². The van der Waals surface area contributed by atoms with Crippen molar-refractivity contribution in [3.63, 3.8) is 0 Å². The average molecular weight is 352 g/mol. The summed E-state index contributed by atoms with van der Waals surface area (Å²) in [5, 5.41) is 5.41. The number of cyclic esters (lactones) is 1. The number of benzene rings is 2. The highest BCUT2D eigenvalue weighted by atomic mass is 16.6. The SMILES string of the molecule is CC(C(=O)NCC1COC(=O)N1)c1cccc(C(=O)c2ccccc2)c1. The number of nitrogens with one attached hydrogen (secondary N) is 2. The molecule has 2 atom stereocenters. The zero-order chi connectivity index (χ0) is 18.5. The molecule has 6 heteroatoms. The summed E-state index contributed by atoms with van der Waals surface area (Å²) < 4.78 is 4.79. The topological polar surface area (TPSA) is 84.5 Å². The number of ether oxygens (including phenoxy) is 1. The van der Waals surface area contributed by atoms with Crippen molar-refractivity contribution in [3.05, 3.63) is 71.3 Å². The van der Waals surface area contributed by atoms with E-state index in [0.717, 1.165) is 5.56 Å². The zero-order valence-electron chi connectivity index (χ0n) is 14.4. The van der Waals surface area contributed by atoms with Crippen LogP contribution in [0.25, 0.3) is 0 Å².